The maximum atomic E-state index is 4.30. The molecule has 2 aromatic heterocycles. The predicted octanol–water partition coefficient (Wildman–Crippen LogP) is 3.41. The lowest BCUT2D eigenvalue weighted by molar-refractivity contribution is 0.545. The first-order valence-corrected chi connectivity index (χ1v) is 6.15. The standard InChI is InChI=1S/C13H19N3/c1-3-5-7-11(4-2)12-8-6-9-13-14-10-15-16(12)13/h6,8-11H,3-5,7H2,1-2H3. The van der Waals surface area contributed by atoms with Crippen molar-refractivity contribution in [3.05, 3.63) is 30.2 Å². The normalized spacial score (nSPS) is 13.1. The van der Waals surface area contributed by atoms with Crippen LogP contribution in [0, 0.1) is 0 Å². The Kier molecular flexibility index (Phi) is 3.54. The third kappa shape index (κ3) is 2.08. The number of nitrogens with zero attached hydrogens (tertiary/aromatic N) is 3. The molecule has 2 aromatic rings. The van der Waals surface area contributed by atoms with E-state index in [0.29, 0.717) is 5.92 Å². The first-order chi connectivity index (χ1) is 7.86. The van der Waals surface area contributed by atoms with Gasteiger partial charge in [-0.1, -0.05) is 32.8 Å². The van der Waals surface area contributed by atoms with Crippen LogP contribution in [0.3, 0.4) is 0 Å². The van der Waals surface area contributed by atoms with Crippen molar-refractivity contribution in [1.82, 2.24) is 14.6 Å². The molecular weight excluding hydrogens is 198 g/mol. The minimum atomic E-state index is 0.602. The molecule has 3 nitrogen and oxygen atoms in total. The zero-order valence-electron chi connectivity index (χ0n) is 10.1. The van der Waals surface area contributed by atoms with Gasteiger partial charge in [-0.25, -0.2) is 9.50 Å². The Morgan fingerprint density at radius 3 is 2.94 bits per heavy atom. The fourth-order valence-electron chi connectivity index (χ4n) is 2.19. The molecule has 0 aliphatic rings. The van der Waals surface area contributed by atoms with Gasteiger partial charge in [0.25, 0.3) is 0 Å². The van der Waals surface area contributed by atoms with Crippen LogP contribution in [0.5, 0.6) is 0 Å². The molecule has 0 bridgehead atoms. The molecule has 0 saturated heterocycles. The van der Waals surface area contributed by atoms with E-state index in [1.54, 1.807) is 6.33 Å². The number of unbranched alkanes of at least 4 members (excludes halogenated alkanes) is 1. The number of rotatable bonds is 5. The van der Waals surface area contributed by atoms with Crippen LogP contribution in [0.25, 0.3) is 5.65 Å². The van der Waals surface area contributed by atoms with Crippen LogP contribution in [0.1, 0.15) is 51.1 Å². The lowest BCUT2D eigenvalue weighted by Crippen LogP contribution is -2.05. The van der Waals surface area contributed by atoms with Crippen molar-refractivity contribution in [2.75, 3.05) is 0 Å². The van der Waals surface area contributed by atoms with Gasteiger partial charge in [0.2, 0.25) is 0 Å². The summed E-state index contributed by atoms with van der Waals surface area (Å²) in [5, 5.41) is 4.30. The lowest BCUT2D eigenvalue weighted by atomic mass is 9.95. The van der Waals surface area contributed by atoms with E-state index in [-0.39, 0.29) is 0 Å². The average Bonchev–Trinajstić information content (AvgIpc) is 2.78. The number of pyridine rings is 1. The van der Waals surface area contributed by atoms with Crippen molar-refractivity contribution >= 4 is 5.65 Å². The predicted molar refractivity (Wildman–Crippen MR) is 65.5 cm³/mol. The molecule has 2 heterocycles. The van der Waals surface area contributed by atoms with Gasteiger partial charge in [0, 0.05) is 11.6 Å². The third-order valence-electron chi connectivity index (χ3n) is 3.15. The molecule has 0 aromatic carbocycles. The van der Waals surface area contributed by atoms with Crippen LogP contribution in [-0.2, 0) is 0 Å². The summed E-state index contributed by atoms with van der Waals surface area (Å²) >= 11 is 0. The maximum absolute atomic E-state index is 4.30. The summed E-state index contributed by atoms with van der Waals surface area (Å²) in [7, 11) is 0. The van der Waals surface area contributed by atoms with E-state index < -0.39 is 0 Å². The second-order valence-corrected chi connectivity index (χ2v) is 4.23. The Morgan fingerprint density at radius 1 is 1.31 bits per heavy atom. The molecule has 0 radical (unpaired) electrons. The van der Waals surface area contributed by atoms with Crippen molar-refractivity contribution in [2.45, 2.75) is 45.4 Å². The van der Waals surface area contributed by atoms with E-state index in [1.807, 2.05) is 10.6 Å². The highest BCUT2D eigenvalue weighted by Crippen LogP contribution is 2.25. The van der Waals surface area contributed by atoms with Gasteiger partial charge in [-0.2, -0.15) is 5.10 Å². The molecule has 16 heavy (non-hydrogen) atoms. The molecule has 0 aliphatic heterocycles. The van der Waals surface area contributed by atoms with Crippen LogP contribution in [0.2, 0.25) is 0 Å². The quantitative estimate of drug-likeness (QED) is 0.768. The van der Waals surface area contributed by atoms with Crippen molar-refractivity contribution in [2.24, 2.45) is 0 Å². The van der Waals surface area contributed by atoms with Crippen molar-refractivity contribution in [1.29, 1.82) is 0 Å². The topological polar surface area (TPSA) is 30.2 Å². The minimum absolute atomic E-state index is 0.602. The zero-order chi connectivity index (χ0) is 11.4. The molecule has 0 saturated carbocycles. The van der Waals surface area contributed by atoms with Gasteiger partial charge in [0.1, 0.15) is 6.33 Å². The highest BCUT2D eigenvalue weighted by Gasteiger charge is 2.12. The lowest BCUT2D eigenvalue weighted by Gasteiger charge is -2.15. The van der Waals surface area contributed by atoms with Gasteiger partial charge < -0.3 is 0 Å². The van der Waals surface area contributed by atoms with Crippen molar-refractivity contribution in [3.63, 3.8) is 0 Å². The van der Waals surface area contributed by atoms with Crippen LogP contribution >= 0.6 is 0 Å². The van der Waals surface area contributed by atoms with Gasteiger partial charge in [-0.05, 0) is 25.0 Å². The van der Waals surface area contributed by atoms with E-state index in [0.717, 1.165) is 5.65 Å². The third-order valence-corrected chi connectivity index (χ3v) is 3.15. The number of aromatic nitrogens is 3. The van der Waals surface area contributed by atoms with Gasteiger partial charge in [0.05, 0.1) is 0 Å². The molecule has 0 N–H and O–H groups in total. The van der Waals surface area contributed by atoms with Crippen LogP contribution in [-0.4, -0.2) is 14.6 Å². The fourth-order valence-corrected chi connectivity index (χ4v) is 2.19. The largest absolute Gasteiger partial charge is 0.218 e. The molecule has 0 amide bonds. The highest BCUT2D eigenvalue weighted by atomic mass is 15.3. The maximum Gasteiger partial charge on any atom is 0.155 e. The molecule has 0 fully saturated rings. The molecule has 2 rings (SSSR count). The highest BCUT2D eigenvalue weighted by molar-refractivity contribution is 5.38. The second-order valence-electron chi connectivity index (χ2n) is 4.23. The number of fused-ring (bicyclic) bond motifs is 1. The number of hydrogen-bond acceptors (Lipinski definition) is 2. The second kappa shape index (κ2) is 5.10. The molecule has 1 unspecified atom stereocenters. The van der Waals surface area contributed by atoms with E-state index in [2.05, 4.69) is 36.1 Å². The molecule has 86 valence electrons. The summed E-state index contributed by atoms with van der Waals surface area (Å²) in [5.74, 6) is 0.602. The first kappa shape index (κ1) is 11.1. The summed E-state index contributed by atoms with van der Waals surface area (Å²) in [4.78, 5) is 4.23. The SMILES string of the molecule is CCCCC(CC)c1cccc2ncnn12. The van der Waals surface area contributed by atoms with Crippen molar-refractivity contribution < 1.29 is 0 Å². The van der Waals surface area contributed by atoms with Crippen LogP contribution in [0.4, 0.5) is 0 Å². The summed E-state index contributed by atoms with van der Waals surface area (Å²) < 4.78 is 1.98. The summed E-state index contributed by atoms with van der Waals surface area (Å²) in [6.07, 6.45) is 6.57. The van der Waals surface area contributed by atoms with Crippen molar-refractivity contribution in [3.8, 4) is 0 Å². The fraction of sp³-hybridized carbons (Fsp3) is 0.538. The van der Waals surface area contributed by atoms with Gasteiger partial charge in [-0.3, -0.25) is 0 Å². The van der Waals surface area contributed by atoms with Crippen LogP contribution in [0.15, 0.2) is 24.5 Å². The van der Waals surface area contributed by atoms with E-state index in [9.17, 15) is 0 Å². The van der Waals surface area contributed by atoms with E-state index in [4.69, 9.17) is 0 Å². The number of hydrogen-bond donors (Lipinski definition) is 0. The van der Waals surface area contributed by atoms with Gasteiger partial charge >= 0.3 is 0 Å². The van der Waals surface area contributed by atoms with E-state index >= 15 is 0 Å². The Bertz CT molecular complexity index is 447. The molecule has 1 atom stereocenters. The summed E-state index contributed by atoms with van der Waals surface area (Å²) in [6.45, 7) is 4.48. The summed E-state index contributed by atoms with van der Waals surface area (Å²) in [5.41, 5.74) is 2.25. The Balaban J connectivity index is 2.32. The smallest absolute Gasteiger partial charge is 0.155 e. The van der Waals surface area contributed by atoms with E-state index in [1.165, 1.54) is 31.4 Å². The minimum Gasteiger partial charge on any atom is -0.218 e. The van der Waals surface area contributed by atoms with Gasteiger partial charge in [0.15, 0.2) is 5.65 Å². The van der Waals surface area contributed by atoms with Crippen LogP contribution < -0.4 is 0 Å². The molecular formula is C13H19N3. The Labute approximate surface area is 96.5 Å². The molecule has 0 spiro atoms. The Morgan fingerprint density at radius 2 is 2.19 bits per heavy atom. The van der Waals surface area contributed by atoms with Gasteiger partial charge in [-0.15, -0.1) is 0 Å². The molecule has 0 aliphatic carbocycles. The average molecular weight is 217 g/mol. The first-order valence-electron chi connectivity index (χ1n) is 6.15. The summed E-state index contributed by atoms with van der Waals surface area (Å²) in [6, 6.07) is 6.25. The monoisotopic (exact) mass is 217 g/mol. The molecule has 3 heteroatoms. The Hall–Kier alpha value is -1.38. The zero-order valence-corrected chi connectivity index (χ0v) is 10.1.